The van der Waals surface area contributed by atoms with Gasteiger partial charge in [0.25, 0.3) is 0 Å². The predicted molar refractivity (Wildman–Crippen MR) is 63.9 cm³/mol. The molecule has 2 rings (SSSR count). The zero-order chi connectivity index (χ0) is 11.4. The molecule has 92 valence electrons. The number of hydrogen-bond donors (Lipinski definition) is 0. The van der Waals surface area contributed by atoms with Gasteiger partial charge in [0.05, 0.1) is 0 Å². The second-order valence-electron chi connectivity index (χ2n) is 4.57. The van der Waals surface area contributed by atoms with Gasteiger partial charge in [-0.3, -0.25) is 4.79 Å². The van der Waals surface area contributed by atoms with Crippen molar-refractivity contribution in [3.05, 3.63) is 0 Å². The standard InChI is InChI=1S/C11H20ClN3O/c12-11(16)15(13-7-3-1-4-8-13)14-9-5-2-6-10-14/h1-10H2. The van der Waals surface area contributed by atoms with Gasteiger partial charge in [-0.25, -0.2) is 10.0 Å². The van der Waals surface area contributed by atoms with E-state index in [1.807, 2.05) is 0 Å². The van der Waals surface area contributed by atoms with Crippen molar-refractivity contribution in [1.29, 1.82) is 0 Å². The monoisotopic (exact) mass is 245 g/mol. The Morgan fingerprint density at radius 2 is 1.19 bits per heavy atom. The molecule has 0 N–H and O–H groups in total. The minimum absolute atomic E-state index is 0.358. The van der Waals surface area contributed by atoms with Gasteiger partial charge >= 0.3 is 5.37 Å². The van der Waals surface area contributed by atoms with E-state index in [0.29, 0.717) is 0 Å². The number of carbonyl (C=O) groups is 1. The fraction of sp³-hybridized carbons (Fsp3) is 0.909. The van der Waals surface area contributed by atoms with Crippen molar-refractivity contribution >= 4 is 17.0 Å². The maximum absolute atomic E-state index is 11.6. The van der Waals surface area contributed by atoms with Gasteiger partial charge in [-0.2, -0.15) is 5.12 Å². The molecule has 2 heterocycles. The van der Waals surface area contributed by atoms with Gasteiger partial charge in [-0.15, -0.1) is 0 Å². The molecule has 2 fully saturated rings. The Labute approximate surface area is 102 Å². The molecule has 0 bridgehead atoms. The molecule has 0 spiro atoms. The highest BCUT2D eigenvalue weighted by Crippen LogP contribution is 2.19. The van der Waals surface area contributed by atoms with E-state index >= 15 is 0 Å². The smallest absolute Gasteiger partial charge is 0.252 e. The van der Waals surface area contributed by atoms with Gasteiger partial charge < -0.3 is 0 Å². The molecule has 2 saturated heterocycles. The van der Waals surface area contributed by atoms with Crippen LogP contribution in [0.4, 0.5) is 4.79 Å². The van der Waals surface area contributed by atoms with Crippen molar-refractivity contribution in [2.24, 2.45) is 0 Å². The van der Waals surface area contributed by atoms with Crippen LogP contribution in [0.3, 0.4) is 0 Å². The minimum atomic E-state index is -0.358. The third-order valence-corrected chi connectivity index (χ3v) is 3.51. The van der Waals surface area contributed by atoms with E-state index in [2.05, 4.69) is 10.0 Å². The van der Waals surface area contributed by atoms with Crippen LogP contribution in [0, 0.1) is 0 Å². The van der Waals surface area contributed by atoms with Gasteiger partial charge in [0.15, 0.2) is 0 Å². The molecule has 2 aliphatic rings. The summed E-state index contributed by atoms with van der Waals surface area (Å²) in [4.78, 5) is 11.6. The Balaban J connectivity index is 1.99. The first-order valence-corrected chi connectivity index (χ1v) is 6.66. The number of amides is 1. The first-order valence-electron chi connectivity index (χ1n) is 6.28. The molecular weight excluding hydrogens is 226 g/mol. The summed E-state index contributed by atoms with van der Waals surface area (Å²) >= 11 is 5.71. The lowest BCUT2D eigenvalue weighted by molar-refractivity contribution is -0.149. The summed E-state index contributed by atoms with van der Waals surface area (Å²) in [5.74, 6) is 0. The summed E-state index contributed by atoms with van der Waals surface area (Å²) in [6.07, 6.45) is 7.17. The first-order chi connectivity index (χ1) is 7.79. The SMILES string of the molecule is O=C(Cl)N(N1CCCCC1)N1CCCCC1. The van der Waals surface area contributed by atoms with E-state index in [4.69, 9.17) is 11.6 Å². The van der Waals surface area contributed by atoms with E-state index in [-0.39, 0.29) is 5.37 Å². The second-order valence-corrected chi connectivity index (χ2v) is 4.89. The van der Waals surface area contributed by atoms with Crippen molar-refractivity contribution in [2.45, 2.75) is 38.5 Å². The average Bonchev–Trinajstić information content (AvgIpc) is 2.31. The zero-order valence-electron chi connectivity index (χ0n) is 9.70. The number of rotatable bonds is 2. The van der Waals surface area contributed by atoms with Gasteiger partial charge in [0.2, 0.25) is 0 Å². The molecule has 1 amide bonds. The minimum Gasteiger partial charge on any atom is -0.252 e. The van der Waals surface area contributed by atoms with Crippen molar-refractivity contribution in [2.75, 3.05) is 26.2 Å². The number of carbonyl (C=O) groups excluding carboxylic acids is 1. The molecule has 0 atom stereocenters. The molecule has 16 heavy (non-hydrogen) atoms. The van der Waals surface area contributed by atoms with Crippen LogP contribution in [-0.2, 0) is 0 Å². The van der Waals surface area contributed by atoms with Crippen LogP contribution in [-0.4, -0.2) is 46.7 Å². The summed E-state index contributed by atoms with van der Waals surface area (Å²) in [7, 11) is 0. The summed E-state index contributed by atoms with van der Waals surface area (Å²) in [5.41, 5.74) is 0. The van der Waals surface area contributed by atoms with Crippen LogP contribution < -0.4 is 0 Å². The molecule has 5 heteroatoms. The summed E-state index contributed by atoms with van der Waals surface area (Å²) in [5, 5.41) is 5.53. The molecule has 0 unspecified atom stereocenters. The van der Waals surface area contributed by atoms with E-state index in [9.17, 15) is 4.79 Å². The second kappa shape index (κ2) is 5.84. The number of hydrogen-bond acceptors (Lipinski definition) is 3. The lowest BCUT2D eigenvalue weighted by Crippen LogP contribution is -2.57. The molecule has 2 aliphatic heterocycles. The maximum atomic E-state index is 11.6. The predicted octanol–water partition coefficient (Wildman–Crippen LogP) is 2.45. The highest BCUT2D eigenvalue weighted by atomic mass is 35.5. The highest BCUT2D eigenvalue weighted by molar-refractivity contribution is 6.62. The van der Waals surface area contributed by atoms with Crippen molar-refractivity contribution < 1.29 is 4.79 Å². The quantitative estimate of drug-likeness (QED) is 0.552. The Hall–Kier alpha value is -0.320. The van der Waals surface area contributed by atoms with Crippen LogP contribution in [0.2, 0.25) is 0 Å². The van der Waals surface area contributed by atoms with Gasteiger partial charge in [-0.05, 0) is 37.3 Å². The zero-order valence-corrected chi connectivity index (χ0v) is 10.5. The van der Waals surface area contributed by atoms with Crippen LogP contribution in [0.25, 0.3) is 0 Å². The van der Waals surface area contributed by atoms with Gasteiger partial charge in [0.1, 0.15) is 0 Å². The number of halogens is 1. The Bertz CT molecular complexity index is 219. The molecule has 0 radical (unpaired) electrons. The Morgan fingerprint density at radius 1 is 0.812 bits per heavy atom. The summed E-state index contributed by atoms with van der Waals surface area (Å²) < 4.78 is 0. The molecular formula is C11H20ClN3O. The fourth-order valence-corrected chi connectivity index (χ4v) is 2.75. The van der Waals surface area contributed by atoms with Crippen LogP contribution in [0.15, 0.2) is 0 Å². The molecule has 0 saturated carbocycles. The lowest BCUT2D eigenvalue weighted by Gasteiger charge is -2.43. The van der Waals surface area contributed by atoms with E-state index in [1.54, 1.807) is 5.12 Å². The largest absolute Gasteiger partial charge is 0.345 e. The summed E-state index contributed by atoms with van der Waals surface area (Å²) in [6.45, 7) is 3.81. The normalized spacial score (nSPS) is 24.3. The molecule has 4 nitrogen and oxygen atoms in total. The average molecular weight is 246 g/mol. The molecule has 0 aromatic rings. The van der Waals surface area contributed by atoms with E-state index in [1.165, 1.54) is 12.8 Å². The number of nitrogens with zero attached hydrogens (tertiary/aromatic N) is 3. The van der Waals surface area contributed by atoms with E-state index < -0.39 is 0 Å². The van der Waals surface area contributed by atoms with Gasteiger partial charge in [-0.1, -0.05) is 12.8 Å². The topological polar surface area (TPSA) is 26.8 Å². The van der Waals surface area contributed by atoms with Crippen molar-refractivity contribution in [1.82, 2.24) is 15.1 Å². The van der Waals surface area contributed by atoms with Crippen molar-refractivity contribution in [3.63, 3.8) is 0 Å². The fourth-order valence-electron chi connectivity index (χ4n) is 2.53. The number of hydrazine groups is 2. The molecule has 0 aromatic heterocycles. The molecule has 0 aliphatic carbocycles. The number of piperidine rings is 2. The van der Waals surface area contributed by atoms with Crippen molar-refractivity contribution in [3.8, 4) is 0 Å². The van der Waals surface area contributed by atoms with E-state index in [0.717, 1.165) is 51.9 Å². The summed E-state index contributed by atoms with van der Waals surface area (Å²) in [6, 6.07) is 0. The maximum Gasteiger partial charge on any atom is 0.345 e. The Morgan fingerprint density at radius 3 is 1.50 bits per heavy atom. The third kappa shape index (κ3) is 2.87. The first kappa shape index (κ1) is 12.1. The van der Waals surface area contributed by atoms with Crippen LogP contribution in [0.5, 0.6) is 0 Å². The molecule has 0 aromatic carbocycles. The van der Waals surface area contributed by atoms with Gasteiger partial charge in [0, 0.05) is 26.2 Å². The van der Waals surface area contributed by atoms with Crippen LogP contribution in [0.1, 0.15) is 38.5 Å². The van der Waals surface area contributed by atoms with Crippen LogP contribution >= 0.6 is 11.6 Å². The lowest BCUT2D eigenvalue weighted by atomic mass is 10.1. The highest BCUT2D eigenvalue weighted by Gasteiger charge is 2.28. The Kier molecular flexibility index (Phi) is 4.44. The third-order valence-electron chi connectivity index (χ3n) is 3.36.